The molecule has 4 rings (SSSR count). The van der Waals surface area contributed by atoms with E-state index < -0.39 is 18.2 Å². The molecule has 0 unspecified atom stereocenters. The van der Waals surface area contributed by atoms with Gasteiger partial charge in [-0.3, -0.25) is 14.4 Å². The summed E-state index contributed by atoms with van der Waals surface area (Å²) in [6.07, 6.45) is 0.684. The number of nitrogens with one attached hydrogen (secondary N) is 1. The zero-order chi connectivity index (χ0) is 24.0. The molecule has 0 aromatic rings. The summed E-state index contributed by atoms with van der Waals surface area (Å²) >= 11 is 1.44. The number of ketones is 1. The van der Waals surface area contributed by atoms with E-state index in [-0.39, 0.29) is 58.9 Å². The predicted molar refractivity (Wildman–Crippen MR) is 121 cm³/mol. The number of hydrogen-bond acceptors (Lipinski definition) is 6. The summed E-state index contributed by atoms with van der Waals surface area (Å²) in [5.41, 5.74) is 0.0439. The number of β-lactam (4-membered cyclic amide) rings is 1. The van der Waals surface area contributed by atoms with Gasteiger partial charge in [0.05, 0.1) is 24.5 Å². The number of thioether (sulfide) groups is 1. The molecule has 3 fully saturated rings. The molecule has 0 radical (unpaired) electrons. The average Bonchev–Trinajstić information content (AvgIpc) is 3.46. The number of amides is 2. The summed E-state index contributed by atoms with van der Waals surface area (Å²) < 4.78 is 13.5. The molecule has 0 aliphatic carbocycles. The summed E-state index contributed by atoms with van der Waals surface area (Å²) in [5.74, 6) is -1.98. The molecule has 3 saturated heterocycles. The van der Waals surface area contributed by atoms with Gasteiger partial charge in [-0.2, -0.15) is 0 Å². The molecule has 7 atom stereocenters. The summed E-state index contributed by atoms with van der Waals surface area (Å²) in [7, 11) is 0. The van der Waals surface area contributed by atoms with E-state index in [2.05, 4.69) is 5.32 Å². The highest BCUT2D eigenvalue weighted by atomic mass is 32.2. The van der Waals surface area contributed by atoms with Crippen LogP contribution in [0.4, 0.5) is 4.39 Å². The molecule has 0 aromatic carbocycles. The molecule has 4 aliphatic rings. The normalized spacial score (nSPS) is 34.5. The summed E-state index contributed by atoms with van der Waals surface area (Å²) in [6.45, 7) is 6.75. The largest absolute Gasteiger partial charge is 0.477 e. The summed E-state index contributed by atoms with van der Waals surface area (Å²) in [4.78, 5) is 53.3. The number of fused-ring (bicyclic) bond motifs is 1. The topological polar surface area (TPSA) is 107 Å². The fourth-order valence-electron chi connectivity index (χ4n) is 5.70. The molecule has 10 heteroatoms. The van der Waals surface area contributed by atoms with Crippen LogP contribution in [0, 0.1) is 17.8 Å². The molecule has 0 saturated carbocycles. The fraction of sp³-hybridized carbons (Fsp3) is 0.739. The van der Waals surface area contributed by atoms with Crippen molar-refractivity contribution in [2.75, 3.05) is 19.6 Å². The Labute approximate surface area is 197 Å². The van der Waals surface area contributed by atoms with Crippen LogP contribution in [0.1, 0.15) is 46.5 Å². The smallest absolute Gasteiger partial charge is 0.353 e. The Kier molecular flexibility index (Phi) is 6.87. The Morgan fingerprint density at radius 2 is 2.06 bits per heavy atom. The summed E-state index contributed by atoms with van der Waals surface area (Å²) in [5, 5.41) is 13.1. The third-order valence-corrected chi connectivity index (χ3v) is 8.98. The molecule has 0 bridgehead atoms. The molecule has 0 spiro atoms. The lowest BCUT2D eigenvalue weighted by Gasteiger charge is -2.47. The van der Waals surface area contributed by atoms with Crippen LogP contribution in [-0.4, -0.2) is 81.6 Å². The lowest BCUT2D eigenvalue weighted by molar-refractivity contribution is -0.160. The van der Waals surface area contributed by atoms with Gasteiger partial charge in [0.15, 0.2) is 0 Å². The Hall–Kier alpha value is -1.94. The van der Waals surface area contributed by atoms with Crippen molar-refractivity contribution in [3.05, 3.63) is 10.6 Å². The molecule has 182 valence electrons. The second kappa shape index (κ2) is 9.37. The maximum Gasteiger partial charge on any atom is 0.353 e. The Morgan fingerprint density at radius 3 is 2.67 bits per heavy atom. The fourth-order valence-corrected chi connectivity index (χ4v) is 7.18. The maximum absolute atomic E-state index is 13.5. The van der Waals surface area contributed by atoms with Gasteiger partial charge in [0.1, 0.15) is 17.7 Å². The van der Waals surface area contributed by atoms with Gasteiger partial charge in [0.25, 0.3) is 0 Å². The van der Waals surface area contributed by atoms with Crippen molar-refractivity contribution in [3.63, 3.8) is 0 Å². The molecule has 2 amide bonds. The zero-order valence-electron chi connectivity index (χ0n) is 19.3. The number of hydrogen-bond donors (Lipinski definition) is 2. The third kappa shape index (κ3) is 4.32. The van der Waals surface area contributed by atoms with Crippen molar-refractivity contribution in [1.29, 1.82) is 0 Å². The van der Waals surface area contributed by atoms with Crippen LogP contribution in [-0.2, 0) is 19.2 Å². The summed E-state index contributed by atoms with van der Waals surface area (Å²) in [6, 6.07) is -0.645. The van der Waals surface area contributed by atoms with Gasteiger partial charge in [-0.25, -0.2) is 9.18 Å². The molecular weight excluding hydrogens is 449 g/mol. The first-order valence-corrected chi connectivity index (χ1v) is 12.7. The minimum absolute atomic E-state index is 0.0131. The van der Waals surface area contributed by atoms with Gasteiger partial charge < -0.3 is 20.2 Å². The third-order valence-electron chi connectivity index (χ3n) is 7.47. The molecular formula is C23H32FN3O5S. The number of carbonyl (C=O) groups excluding carboxylic acids is 3. The highest BCUT2D eigenvalue weighted by Crippen LogP contribution is 2.53. The van der Waals surface area contributed by atoms with Gasteiger partial charge in [0, 0.05) is 42.0 Å². The lowest BCUT2D eigenvalue weighted by atomic mass is 9.73. The first kappa shape index (κ1) is 24.2. The number of likely N-dealkylation sites (tertiary alicyclic amines) is 1. The average molecular weight is 482 g/mol. The number of Topliss-reactive ketones (excluding diaryl/α,β-unsaturated/α-hetero) is 1. The first-order chi connectivity index (χ1) is 15.6. The second-order valence-electron chi connectivity index (χ2n) is 9.71. The van der Waals surface area contributed by atoms with Gasteiger partial charge in [-0.05, 0) is 18.8 Å². The number of rotatable bonds is 8. The van der Waals surface area contributed by atoms with E-state index >= 15 is 0 Å². The zero-order valence-corrected chi connectivity index (χ0v) is 20.1. The van der Waals surface area contributed by atoms with Crippen molar-refractivity contribution >= 4 is 35.3 Å². The van der Waals surface area contributed by atoms with Crippen LogP contribution in [0.3, 0.4) is 0 Å². The van der Waals surface area contributed by atoms with Gasteiger partial charge >= 0.3 is 5.97 Å². The minimum atomic E-state index is -1.12. The van der Waals surface area contributed by atoms with E-state index in [1.807, 2.05) is 13.8 Å². The first-order valence-electron chi connectivity index (χ1n) is 11.8. The quantitative estimate of drug-likeness (QED) is 0.509. The van der Waals surface area contributed by atoms with E-state index in [1.54, 1.807) is 11.8 Å². The molecule has 8 nitrogen and oxygen atoms in total. The number of nitrogens with zero attached hydrogens (tertiary/aromatic N) is 2. The molecule has 2 N–H and O–H groups in total. The van der Waals surface area contributed by atoms with Crippen LogP contribution in [0.5, 0.6) is 0 Å². The van der Waals surface area contributed by atoms with E-state index in [0.29, 0.717) is 43.7 Å². The Balaban J connectivity index is 1.44. The van der Waals surface area contributed by atoms with Crippen molar-refractivity contribution < 1.29 is 28.7 Å². The predicted octanol–water partition coefficient (Wildman–Crippen LogP) is 1.80. The van der Waals surface area contributed by atoms with Crippen molar-refractivity contribution in [3.8, 4) is 0 Å². The number of aliphatic carboxylic acids is 1. The number of carboxylic acid groups (broad SMARTS) is 1. The van der Waals surface area contributed by atoms with E-state index in [4.69, 9.17) is 0 Å². The number of alkyl halides is 1. The minimum Gasteiger partial charge on any atom is -0.477 e. The van der Waals surface area contributed by atoms with Crippen LogP contribution >= 0.6 is 11.8 Å². The molecule has 0 aromatic heterocycles. The molecule has 4 aliphatic heterocycles. The van der Waals surface area contributed by atoms with Crippen LogP contribution in [0.15, 0.2) is 10.6 Å². The van der Waals surface area contributed by atoms with E-state index in [9.17, 15) is 28.7 Å². The monoisotopic (exact) mass is 481 g/mol. The van der Waals surface area contributed by atoms with E-state index in [1.165, 1.54) is 16.7 Å². The molecule has 4 heterocycles. The second-order valence-corrected chi connectivity index (χ2v) is 11.1. The lowest BCUT2D eigenvalue weighted by Crippen LogP contribution is -2.62. The van der Waals surface area contributed by atoms with Crippen LogP contribution in [0.25, 0.3) is 0 Å². The van der Waals surface area contributed by atoms with Gasteiger partial charge in [-0.1, -0.05) is 20.8 Å². The van der Waals surface area contributed by atoms with E-state index in [0.717, 1.165) is 0 Å². The highest BCUT2D eigenvalue weighted by molar-refractivity contribution is 8.03. The standard InChI is InChI=1S/C23H32FN3O5S/c1-4-14(28)7-11(2)17-18-12(3)20(19(23(31)32)27(18)22(17)30)33-15-8-16(25-9-15)21(29)26-6-5-13(24)10-26/h11-13,15-18,25H,4-10H2,1-3H3,(H,31,32)/t11-,12+,13+,15-,16-,17+,18+/m0/s1. The van der Waals surface area contributed by atoms with Gasteiger partial charge in [0.2, 0.25) is 11.8 Å². The number of halogens is 1. The Bertz CT molecular complexity index is 895. The number of carboxylic acids is 1. The van der Waals surface area contributed by atoms with Crippen LogP contribution < -0.4 is 5.32 Å². The SMILES string of the molecule is CCC(=O)C[C@H](C)[C@H]1C(=O)N2C(C(=O)O)=C(S[C@@H]3CN[C@H](C(=O)N4CC[C@@H](F)C4)C3)[C@H](C)[C@H]12. The maximum atomic E-state index is 13.5. The number of carbonyl (C=O) groups is 4. The van der Waals surface area contributed by atoms with Crippen LogP contribution in [0.2, 0.25) is 0 Å². The van der Waals surface area contributed by atoms with Gasteiger partial charge in [-0.15, -0.1) is 11.8 Å². The molecule has 33 heavy (non-hydrogen) atoms. The Morgan fingerprint density at radius 1 is 1.33 bits per heavy atom. The van der Waals surface area contributed by atoms with Crippen molar-refractivity contribution in [1.82, 2.24) is 15.1 Å². The highest BCUT2D eigenvalue weighted by Gasteiger charge is 2.60. The van der Waals surface area contributed by atoms with Crippen molar-refractivity contribution in [2.24, 2.45) is 17.8 Å². The van der Waals surface area contributed by atoms with Crippen molar-refractivity contribution in [2.45, 2.75) is 70.0 Å².